The van der Waals surface area contributed by atoms with Crippen molar-refractivity contribution >= 4 is 44.3 Å². The summed E-state index contributed by atoms with van der Waals surface area (Å²) >= 11 is 2.58. The molecule has 1 aromatic heterocycles. The van der Waals surface area contributed by atoms with E-state index in [1.54, 1.807) is 0 Å². The van der Waals surface area contributed by atoms with Crippen molar-refractivity contribution in [2.75, 3.05) is 20.0 Å². The summed E-state index contributed by atoms with van der Waals surface area (Å²) in [5, 5.41) is 20.1. The first-order chi connectivity index (χ1) is 14.4. The van der Waals surface area contributed by atoms with Gasteiger partial charge in [-0.1, -0.05) is 0 Å². The molecule has 2 aromatic carbocycles. The van der Waals surface area contributed by atoms with Gasteiger partial charge in [0.15, 0.2) is 29.1 Å². The molecule has 156 valence electrons. The fourth-order valence-electron chi connectivity index (χ4n) is 2.77. The lowest BCUT2D eigenvalue weighted by Gasteiger charge is -2.12. The molecule has 2 N–H and O–H groups in total. The van der Waals surface area contributed by atoms with Gasteiger partial charge < -0.3 is 24.4 Å². The van der Waals surface area contributed by atoms with E-state index in [2.05, 4.69) is 9.98 Å². The number of carboxylic acid groups (broad SMARTS) is 1. The number of hydrogen-bond acceptors (Lipinski definition) is 9. The van der Waals surface area contributed by atoms with E-state index in [4.69, 9.17) is 19.3 Å². The minimum absolute atomic E-state index is 0.0445. The van der Waals surface area contributed by atoms with Crippen molar-refractivity contribution in [2.45, 2.75) is 6.04 Å². The molecule has 0 saturated heterocycles. The molecule has 2 heterocycles. The summed E-state index contributed by atoms with van der Waals surface area (Å²) in [7, 11) is 2.75. The lowest BCUT2D eigenvalue weighted by molar-refractivity contribution is -0.137. The molecule has 4 rings (SSSR count). The number of nitrogens with zero attached hydrogens (tertiary/aromatic N) is 2. The van der Waals surface area contributed by atoms with Crippen LogP contribution in [-0.2, 0) is 4.79 Å². The SMILES string of the molecule is COc1cc(Oc2cc3sc(C4=N[C@@H](C(=O)O)CS4)nc3cc2F)cc(OC)c1O. The molecule has 11 heteroatoms. The zero-order valence-corrected chi connectivity index (χ0v) is 17.3. The zero-order valence-electron chi connectivity index (χ0n) is 15.7. The molecule has 3 aromatic rings. The first-order valence-corrected chi connectivity index (χ1v) is 10.4. The number of thiazole rings is 1. The van der Waals surface area contributed by atoms with E-state index in [9.17, 15) is 14.3 Å². The minimum atomic E-state index is -0.986. The molecule has 0 amide bonds. The van der Waals surface area contributed by atoms with Gasteiger partial charge in [-0.15, -0.1) is 23.1 Å². The van der Waals surface area contributed by atoms with Gasteiger partial charge in [-0.3, -0.25) is 4.99 Å². The number of aliphatic imine (C=N–C) groups is 1. The molecule has 1 aliphatic heterocycles. The highest BCUT2D eigenvalue weighted by molar-refractivity contribution is 8.15. The van der Waals surface area contributed by atoms with E-state index in [1.807, 2.05) is 0 Å². The van der Waals surface area contributed by atoms with Gasteiger partial charge in [0.05, 0.1) is 24.4 Å². The number of carbonyl (C=O) groups is 1. The van der Waals surface area contributed by atoms with Crippen molar-refractivity contribution in [3.63, 3.8) is 0 Å². The van der Waals surface area contributed by atoms with Crippen LogP contribution >= 0.6 is 23.1 Å². The average Bonchev–Trinajstić information content (AvgIpc) is 3.36. The Morgan fingerprint density at radius 2 is 1.87 bits per heavy atom. The van der Waals surface area contributed by atoms with Gasteiger partial charge in [0, 0.05) is 30.0 Å². The normalized spacial score (nSPS) is 15.8. The summed E-state index contributed by atoms with van der Waals surface area (Å²) in [4.78, 5) is 19.6. The van der Waals surface area contributed by atoms with Crippen molar-refractivity contribution < 1.29 is 33.6 Å². The quantitative estimate of drug-likeness (QED) is 0.582. The Bertz CT molecular complexity index is 1150. The summed E-state index contributed by atoms with van der Waals surface area (Å²) in [5.41, 5.74) is 0.419. The molecule has 0 unspecified atom stereocenters. The van der Waals surface area contributed by atoms with Crippen LogP contribution in [0.25, 0.3) is 10.2 Å². The maximum Gasteiger partial charge on any atom is 0.329 e. The number of methoxy groups -OCH3 is 2. The molecule has 1 aliphatic rings. The van der Waals surface area contributed by atoms with Crippen LogP contribution in [0.15, 0.2) is 29.3 Å². The van der Waals surface area contributed by atoms with Gasteiger partial charge >= 0.3 is 5.97 Å². The number of hydrogen-bond donors (Lipinski definition) is 2. The number of aromatic hydroxyl groups is 1. The third-order valence-electron chi connectivity index (χ3n) is 4.24. The summed E-state index contributed by atoms with van der Waals surface area (Å²) in [6.07, 6.45) is 0. The van der Waals surface area contributed by atoms with Gasteiger partial charge in [0.2, 0.25) is 5.75 Å². The lowest BCUT2D eigenvalue weighted by Crippen LogP contribution is -2.17. The topological polar surface area (TPSA) is 110 Å². The standard InChI is InChI=1S/C19H15FN2O6S2/c1-26-13-3-8(4-14(27-2)16(13)23)28-12-6-15-10(5-9(12)20)21-18(30-15)17-22-11(7-29-17)19(24)25/h3-6,11,23H,7H2,1-2H3,(H,24,25)/t11-/m1/s1. The van der Waals surface area contributed by atoms with Crippen LogP contribution in [0.4, 0.5) is 4.39 Å². The summed E-state index contributed by atoms with van der Waals surface area (Å²) in [6.45, 7) is 0. The molecule has 1 atom stereocenters. The van der Waals surface area contributed by atoms with Crippen LogP contribution in [0.5, 0.6) is 28.7 Å². The average molecular weight is 450 g/mol. The van der Waals surface area contributed by atoms with Crippen LogP contribution in [-0.4, -0.2) is 52.2 Å². The van der Waals surface area contributed by atoms with Gasteiger partial charge in [-0.05, 0) is 0 Å². The number of halogens is 1. The van der Waals surface area contributed by atoms with Crippen molar-refractivity contribution in [3.05, 3.63) is 35.1 Å². The number of thioether (sulfide) groups is 1. The molecule has 30 heavy (non-hydrogen) atoms. The van der Waals surface area contributed by atoms with E-state index in [0.29, 0.717) is 26.0 Å². The first kappa shape index (κ1) is 20.2. The number of ether oxygens (including phenoxy) is 3. The number of phenols is 1. The number of fused-ring (bicyclic) bond motifs is 1. The zero-order chi connectivity index (χ0) is 21.4. The largest absolute Gasteiger partial charge is 0.502 e. The van der Waals surface area contributed by atoms with Gasteiger partial charge in [0.1, 0.15) is 15.8 Å². The van der Waals surface area contributed by atoms with Crippen LogP contribution in [0.3, 0.4) is 0 Å². The maximum absolute atomic E-state index is 14.6. The van der Waals surface area contributed by atoms with Gasteiger partial charge in [-0.25, -0.2) is 14.2 Å². The predicted octanol–water partition coefficient (Wildman–Crippen LogP) is 3.90. The fourth-order valence-corrected chi connectivity index (χ4v) is 4.85. The molecule has 0 saturated carbocycles. The van der Waals surface area contributed by atoms with E-state index in [0.717, 1.165) is 0 Å². The molecular weight excluding hydrogens is 435 g/mol. The summed E-state index contributed by atoms with van der Waals surface area (Å²) in [5.74, 6) is -1.06. The maximum atomic E-state index is 14.6. The van der Waals surface area contributed by atoms with Crippen LogP contribution in [0, 0.1) is 5.82 Å². The van der Waals surface area contributed by atoms with E-state index in [-0.39, 0.29) is 28.7 Å². The lowest BCUT2D eigenvalue weighted by atomic mass is 10.2. The second kappa shape index (κ2) is 8.00. The second-order valence-electron chi connectivity index (χ2n) is 6.15. The van der Waals surface area contributed by atoms with Crippen molar-refractivity contribution in [1.82, 2.24) is 4.98 Å². The summed E-state index contributed by atoms with van der Waals surface area (Å²) < 4.78 is 31.1. The monoisotopic (exact) mass is 450 g/mol. The Morgan fingerprint density at radius 1 is 1.17 bits per heavy atom. The molecule has 0 radical (unpaired) electrons. The molecule has 0 spiro atoms. The number of carboxylic acids is 1. The Hall–Kier alpha value is -3.05. The molecule has 0 bridgehead atoms. The minimum Gasteiger partial charge on any atom is -0.502 e. The molecular formula is C19H15FN2O6S2. The molecule has 0 fully saturated rings. The van der Waals surface area contributed by atoms with E-state index >= 15 is 0 Å². The van der Waals surface area contributed by atoms with E-state index < -0.39 is 17.8 Å². The highest BCUT2D eigenvalue weighted by atomic mass is 32.2. The fraction of sp³-hybridized carbons (Fsp3) is 0.211. The van der Waals surface area contributed by atoms with Crippen LogP contribution in [0.2, 0.25) is 0 Å². The Balaban J connectivity index is 1.67. The van der Waals surface area contributed by atoms with Crippen molar-refractivity contribution in [1.29, 1.82) is 0 Å². The second-order valence-corrected chi connectivity index (χ2v) is 8.19. The highest BCUT2D eigenvalue weighted by Crippen LogP contribution is 2.42. The number of rotatable bonds is 6. The van der Waals surface area contributed by atoms with Crippen molar-refractivity contribution in [2.24, 2.45) is 4.99 Å². The van der Waals surface area contributed by atoms with Gasteiger partial charge in [0.25, 0.3) is 0 Å². The number of phenolic OH excluding ortho intramolecular Hbond substituents is 1. The Labute approximate surface area is 177 Å². The summed E-state index contributed by atoms with van der Waals surface area (Å²) in [6, 6.07) is 4.78. The predicted molar refractivity (Wildman–Crippen MR) is 111 cm³/mol. The highest BCUT2D eigenvalue weighted by Gasteiger charge is 2.27. The third kappa shape index (κ3) is 3.73. The van der Waals surface area contributed by atoms with Gasteiger partial charge in [-0.2, -0.15) is 0 Å². The number of benzene rings is 2. The Kier molecular flexibility index (Phi) is 5.39. The first-order valence-electron chi connectivity index (χ1n) is 8.56. The van der Waals surface area contributed by atoms with E-state index in [1.165, 1.54) is 61.6 Å². The van der Waals surface area contributed by atoms with Crippen LogP contribution < -0.4 is 14.2 Å². The Morgan fingerprint density at radius 3 is 2.47 bits per heavy atom. The van der Waals surface area contributed by atoms with Crippen molar-refractivity contribution in [3.8, 4) is 28.7 Å². The number of aliphatic carboxylic acids is 1. The molecule has 8 nitrogen and oxygen atoms in total. The third-order valence-corrected chi connectivity index (χ3v) is 6.45. The smallest absolute Gasteiger partial charge is 0.329 e. The number of aromatic nitrogens is 1. The van der Waals surface area contributed by atoms with Crippen LogP contribution in [0.1, 0.15) is 5.01 Å². The molecule has 0 aliphatic carbocycles.